The number of ether oxygens (including phenoxy) is 1. The Labute approximate surface area is 97.8 Å². The van der Waals surface area contributed by atoms with E-state index in [0.29, 0.717) is 24.4 Å². The van der Waals surface area contributed by atoms with E-state index in [2.05, 4.69) is 0 Å². The van der Waals surface area contributed by atoms with Crippen LogP contribution in [0.15, 0.2) is 33.5 Å². The molecule has 0 spiro atoms. The molecule has 0 aliphatic heterocycles. The number of fused-ring (bicyclic) bond motifs is 1. The fourth-order valence-electron chi connectivity index (χ4n) is 1.62. The van der Waals surface area contributed by atoms with E-state index in [1.165, 1.54) is 6.07 Å². The molecule has 0 fully saturated rings. The van der Waals surface area contributed by atoms with E-state index in [4.69, 9.17) is 9.15 Å². The van der Waals surface area contributed by atoms with Gasteiger partial charge in [0, 0.05) is 23.9 Å². The quantitative estimate of drug-likeness (QED) is 0.460. The molecule has 17 heavy (non-hydrogen) atoms. The van der Waals surface area contributed by atoms with Gasteiger partial charge in [0.2, 0.25) is 0 Å². The van der Waals surface area contributed by atoms with Crippen molar-refractivity contribution in [2.45, 2.75) is 13.3 Å². The predicted octanol–water partition coefficient (Wildman–Crippen LogP) is 2.07. The first kappa shape index (κ1) is 11.4. The van der Waals surface area contributed by atoms with Gasteiger partial charge in [-0.2, -0.15) is 0 Å². The number of carbonyl (C=O) groups excluding carboxylic acids is 1. The normalized spacial score (nSPS) is 10.4. The number of aryl methyl sites for hydroxylation is 1. The molecule has 88 valence electrons. The lowest BCUT2D eigenvalue weighted by Crippen LogP contribution is -2.00. The minimum atomic E-state index is -0.375. The van der Waals surface area contributed by atoms with E-state index >= 15 is 0 Å². The molecule has 0 radical (unpaired) electrons. The van der Waals surface area contributed by atoms with Crippen LogP contribution < -0.4 is 10.4 Å². The Morgan fingerprint density at radius 2 is 2.18 bits per heavy atom. The molecule has 0 saturated heterocycles. The van der Waals surface area contributed by atoms with Gasteiger partial charge in [-0.3, -0.25) is 0 Å². The fraction of sp³-hybridized carbons (Fsp3) is 0.231. The maximum Gasteiger partial charge on any atom is 0.336 e. The van der Waals surface area contributed by atoms with Gasteiger partial charge in [0.1, 0.15) is 17.6 Å². The summed E-state index contributed by atoms with van der Waals surface area (Å²) in [5, 5.41) is 0.882. The van der Waals surface area contributed by atoms with Crippen molar-refractivity contribution in [3.05, 3.63) is 40.2 Å². The van der Waals surface area contributed by atoms with Gasteiger partial charge in [-0.05, 0) is 24.6 Å². The van der Waals surface area contributed by atoms with Crippen molar-refractivity contribution in [2.75, 3.05) is 6.61 Å². The highest BCUT2D eigenvalue weighted by atomic mass is 16.5. The van der Waals surface area contributed by atoms with Crippen LogP contribution in [0.1, 0.15) is 12.0 Å². The molecule has 0 aliphatic rings. The molecule has 0 N–H and O–H groups in total. The molecular weight excluding hydrogens is 220 g/mol. The standard InChI is InChI=1S/C13H12O4/c1-9-7-13(15)17-12-8-10(3-4-11(9)12)16-6-2-5-14/h3-5,7-8H,2,6H2,1H3. The van der Waals surface area contributed by atoms with Gasteiger partial charge in [0.15, 0.2) is 0 Å². The second-order valence-corrected chi connectivity index (χ2v) is 3.71. The molecule has 1 aromatic heterocycles. The second-order valence-electron chi connectivity index (χ2n) is 3.71. The Balaban J connectivity index is 2.36. The third-order valence-electron chi connectivity index (χ3n) is 2.43. The smallest absolute Gasteiger partial charge is 0.336 e. The van der Waals surface area contributed by atoms with Crippen LogP contribution in [0.2, 0.25) is 0 Å². The van der Waals surface area contributed by atoms with Crippen LogP contribution in [0.3, 0.4) is 0 Å². The molecule has 0 saturated carbocycles. The number of hydrogen-bond donors (Lipinski definition) is 0. The highest BCUT2D eigenvalue weighted by Gasteiger charge is 2.03. The number of carbonyl (C=O) groups is 1. The highest BCUT2D eigenvalue weighted by Crippen LogP contribution is 2.22. The lowest BCUT2D eigenvalue weighted by Gasteiger charge is -2.05. The molecule has 0 amide bonds. The highest BCUT2D eigenvalue weighted by molar-refractivity contribution is 5.81. The summed E-state index contributed by atoms with van der Waals surface area (Å²) in [4.78, 5) is 21.4. The molecule has 4 nitrogen and oxygen atoms in total. The third-order valence-corrected chi connectivity index (χ3v) is 2.43. The molecule has 0 bridgehead atoms. The SMILES string of the molecule is Cc1cc(=O)oc2cc(OCCC=O)ccc12. The molecule has 0 aliphatic carbocycles. The maximum absolute atomic E-state index is 11.2. The Bertz CT molecular complexity index is 598. The average Bonchev–Trinajstić information content (AvgIpc) is 2.28. The van der Waals surface area contributed by atoms with Gasteiger partial charge >= 0.3 is 5.63 Å². The van der Waals surface area contributed by atoms with Gasteiger partial charge in [-0.15, -0.1) is 0 Å². The van der Waals surface area contributed by atoms with E-state index < -0.39 is 0 Å². The summed E-state index contributed by atoms with van der Waals surface area (Å²) in [6, 6.07) is 6.74. The van der Waals surface area contributed by atoms with Gasteiger partial charge in [-0.1, -0.05) is 0 Å². The summed E-state index contributed by atoms with van der Waals surface area (Å²) in [5.74, 6) is 0.591. The van der Waals surface area contributed by atoms with Crippen molar-refractivity contribution in [1.82, 2.24) is 0 Å². The van der Waals surface area contributed by atoms with Crippen molar-refractivity contribution < 1.29 is 13.9 Å². The molecule has 2 rings (SSSR count). The molecule has 4 heteroatoms. The van der Waals surface area contributed by atoms with E-state index in [0.717, 1.165) is 17.2 Å². The van der Waals surface area contributed by atoms with Crippen molar-refractivity contribution in [2.24, 2.45) is 0 Å². The number of hydrogen-bond acceptors (Lipinski definition) is 4. The van der Waals surface area contributed by atoms with Gasteiger partial charge in [0.25, 0.3) is 0 Å². The lowest BCUT2D eigenvalue weighted by atomic mass is 10.1. The van der Waals surface area contributed by atoms with Gasteiger partial charge < -0.3 is 13.9 Å². The third kappa shape index (κ3) is 2.53. The van der Waals surface area contributed by atoms with Crippen LogP contribution in [0, 0.1) is 6.92 Å². The maximum atomic E-state index is 11.2. The van der Waals surface area contributed by atoms with Crippen molar-refractivity contribution in [3.8, 4) is 5.75 Å². The molecular formula is C13H12O4. The first-order valence-corrected chi connectivity index (χ1v) is 5.31. The zero-order chi connectivity index (χ0) is 12.3. The Kier molecular flexibility index (Phi) is 3.23. The summed E-state index contributed by atoms with van der Waals surface area (Å²) in [6.45, 7) is 2.18. The number of rotatable bonds is 4. The number of benzene rings is 1. The van der Waals surface area contributed by atoms with E-state index in [1.54, 1.807) is 12.1 Å². The first-order valence-electron chi connectivity index (χ1n) is 5.31. The van der Waals surface area contributed by atoms with Crippen molar-refractivity contribution in [1.29, 1.82) is 0 Å². The van der Waals surface area contributed by atoms with Crippen LogP contribution in [-0.4, -0.2) is 12.9 Å². The summed E-state index contributed by atoms with van der Waals surface area (Å²) >= 11 is 0. The molecule has 2 aromatic rings. The topological polar surface area (TPSA) is 56.5 Å². The Hall–Kier alpha value is -2.10. The van der Waals surface area contributed by atoms with Crippen molar-refractivity contribution in [3.63, 3.8) is 0 Å². The van der Waals surface area contributed by atoms with Gasteiger partial charge in [-0.25, -0.2) is 4.79 Å². The summed E-state index contributed by atoms with van der Waals surface area (Å²) in [6.07, 6.45) is 1.14. The van der Waals surface area contributed by atoms with Crippen LogP contribution in [-0.2, 0) is 4.79 Å². The largest absolute Gasteiger partial charge is 0.493 e. The minimum Gasteiger partial charge on any atom is -0.493 e. The summed E-state index contributed by atoms with van der Waals surface area (Å²) in [5.41, 5.74) is 0.995. The first-order chi connectivity index (χ1) is 8.20. The zero-order valence-electron chi connectivity index (χ0n) is 9.43. The molecule has 0 unspecified atom stereocenters. The van der Waals surface area contributed by atoms with Crippen molar-refractivity contribution >= 4 is 17.3 Å². The predicted molar refractivity (Wildman–Crippen MR) is 63.4 cm³/mol. The van der Waals surface area contributed by atoms with Crippen LogP contribution in [0.25, 0.3) is 11.0 Å². The number of aldehydes is 1. The van der Waals surface area contributed by atoms with E-state index in [-0.39, 0.29) is 5.63 Å². The van der Waals surface area contributed by atoms with E-state index in [9.17, 15) is 9.59 Å². The summed E-state index contributed by atoms with van der Waals surface area (Å²) in [7, 11) is 0. The fourth-order valence-corrected chi connectivity index (χ4v) is 1.62. The molecule has 1 heterocycles. The van der Waals surface area contributed by atoms with Gasteiger partial charge in [0.05, 0.1) is 6.61 Å². The molecule has 1 aromatic carbocycles. The zero-order valence-corrected chi connectivity index (χ0v) is 9.43. The Morgan fingerprint density at radius 1 is 1.35 bits per heavy atom. The van der Waals surface area contributed by atoms with Crippen LogP contribution >= 0.6 is 0 Å². The molecule has 0 atom stereocenters. The summed E-state index contributed by atoms with van der Waals surface area (Å²) < 4.78 is 10.4. The Morgan fingerprint density at radius 3 is 2.94 bits per heavy atom. The lowest BCUT2D eigenvalue weighted by molar-refractivity contribution is -0.108. The van der Waals surface area contributed by atoms with Crippen LogP contribution in [0.4, 0.5) is 0 Å². The minimum absolute atomic E-state index is 0.324. The second kappa shape index (κ2) is 4.82. The average molecular weight is 232 g/mol. The van der Waals surface area contributed by atoms with E-state index in [1.807, 2.05) is 13.0 Å². The monoisotopic (exact) mass is 232 g/mol. The van der Waals surface area contributed by atoms with Crippen LogP contribution in [0.5, 0.6) is 5.75 Å².